The summed E-state index contributed by atoms with van der Waals surface area (Å²) in [7, 11) is 0. The van der Waals surface area contributed by atoms with Gasteiger partial charge in [-0.05, 0) is 30.9 Å². The Kier molecular flexibility index (Phi) is 3.04. The van der Waals surface area contributed by atoms with Gasteiger partial charge in [-0.15, -0.1) is 0 Å². The van der Waals surface area contributed by atoms with Crippen molar-refractivity contribution in [2.45, 2.75) is 44.1 Å². The SMILES string of the molecule is NC1(Cc2cccc3cccnc23)CCCCC1. The van der Waals surface area contributed by atoms with E-state index in [1.165, 1.54) is 30.2 Å². The average molecular weight is 240 g/mol. The van der Waals surface area contributed by atoms with Crippen molar-refractivity contribution in [3.8, 4) is 0 Å². The summed E-state index contributed by atoms with van der Waals surface area (Å²) in [5.41, 5.74) is 8.97. The van der Waals surface area contributed by atoms with E-state index in [2.05, 4.69) is 29.2 Å². The number of pyridine rings is 1. The molecule has 0 radical (unpaired) electrons. The number of rotatable bonds is 2. The van der Waals surface area contributed by atoms with Gasteiger partial charge >= 0.3 is 0 Å². The van der Waals surface area contributed by atoms with Crippen LogP contribution in [-0.4, -0.2) is 10.5 Å². The van der Waals surface area contributed by atoms with E-state index in [1.54, 1.807) is 0 Å². The Bertz CT molecular complexity index is 536. The number of fused-ring (bicyclic) bond motifs is 1. The van der Waals surface area contributed by atoms with E-state index in [4.69, 9.17) is 5.73 Å². The highest BCUT2D eigenvalue weighted by atomic mass is 14.7. The number of nitrogens with two attached hydrogens (primary N) is 1. The van der Waals surface area contributed by atoms with Crippen LogP contribution in [0.3, 0.4) is 0 Å². The minimum Gasteiger partial charge on any atom is -0.325 e. The molecule has 0 unspecified atom stereocenters. The lowest BCUT2D eigenvalue weighted by molar-refractivity contribution is 0.294. The summed E-state index contributed by atoms with van der Waals surface area (Å²) in [6.07, 6.45) is 9.01. The van der Waals surface area contributed by atoms with Crippen LogP contribution < -0.4 is 5.73 Å². The van der Waals surface area contributed by atoms with E-state index < -0.39 is 0 Å². The van der Waals surface area contributed by atoms with Gasteiger partial charge < -0.3 is 5.73 Å². The number of para-hydroxylation sites is 1. The van der Waals surface area contributed by atoms with Crippen molar-refractivity contribution in [1.29, 1.82) is 0 Å². The van der Waals surface area contributed by atoms with Gasteiger partial charge in [0.05, 0.1) is 5.52 Å². The van der Waals surface area contributed by atoms with Crippen LogP contribution in [-0.2, 0) is 6.42 Å². The van der Waals surface area contributed by atoms with Gasteiger partial charge in [-0.25, -0.2) is 0 Å². The van der Waals surface area contributed by atoms with Crippen molar-refractivity contribution in [2.24, 2.45) is 5.73 Å². The van der Waals surface area contributed by atoms with Gasteiger partial charge in [0.25, 0.3) is 0 Å². The van der Waals surface area contributed by atoms with E-state index in [1.807, 2.05) is 12.3 Å². The minimum atomic E-state index is -0.00987. The summed E-state index contributed by atoms with van der Waals surface area (Å²) in [5, 5.41) is 1.22. The molecular weight excluding hydrogens is 220 g/mol. The Morgan fingerprint density at radius 2 is 1.83 bits per heavy atom. The normalized spacial score (nSPS) is 18.9. The lowest BCUT2D eigenvalue weighted by Gasteiger charge is -2.33. The minimum absolute atomic E-state index is 0.00987. The average Bonchev–Trinajstić information content (AvgIpc) is 2.40. The molecular formula is C16H20N2. The molecule has 2 nitrogen and oxygen atoms in total. The molecule has 1 fully saturated rings. The fourth-order valence-corrected chi connectivity index (χ4v) is 3.12. The molecule has 1 aromatic carbocycles. The van der Waals surface area contributed by atoms with E-state index >= 15 is 0 Å². The highest BCUT2D eigenvalue weighted by molar-refractivity contribution is 5.81. The predicted molar refractivity (Wildman–Crippen MR) is 75.5 cm³/mol. The largest absolute Gasteiger partial charge is 0.325 e. The molecule has 18 heavy (non-hydrogen) atoms. The van der Waals surface area contributed by atoms with E-state index in [-0.39, 0.29) is 5.54 Å². The van der Waals surface area contributed by atoms with Crippen LogP contribution in [0.15, 0.2) is 36.5 Å². The second kappa shape index (κ2) is 4.69. The maximum absolute atomic E-state index is 6.55. The Hall–Kier alpha value is -1.41. The molecule has 0 spiro atoms. The van der Waals surface area contributed by atoms with Crippen molar-refractivity contribution in [1.82, 2.24) is 4.98 Å². The molecule has 1 aromatic heterocycles. The topological polar surface area (TPSA) is 38.9 Å². The molecule has 2 aromatic rings. The Morgan fingerprint density at radius 1 is 1.06 bits per heavy atom. The first-order chi connectivity index (χ1) is 8.77. The fourth-order valence-electron chi connectivity index (χ4n) is 3.12. The number of benzene rings is 1. The summed E-state index contributed by atoms with van der Waals surface area (Å²) in [5.74, 6) is 0. The molecule has 2 N–H and O–H groups in total. The third kappa shape index (κ3) is 2.25. The third-order valence-corrected chi connectivity index (χ3v) is 4.11. The van der Waals surface area contributed by atoms with Crippen LogP contribution in [0.2, 0.25) is 0 Å². The van der Waals surface area contributed by atoms with Gasteiger partial charge in [0.1, 0.15) is 0 Å². The van der Waals surface area contributed by atoms with Crippen LogP contribution >= 0.6 is 0 Å². The van der Waals surface area contributed by atoms with Crippen molar-refractivity contribution in [3.63, 3.8) is 0 Å². The molecule has 0 saturated heterocycles. The van der Waals surface area contributed by atoms with Crippen LogP contribution in [0, 0.1) is 0 Å². The molecule has 94 valence electrons. The number of hydrogen-bond acceptors (Lipinski definition) is 2. The quantitative estimate of drug-likeness (QED) is 0.873. The molecule has 0 aliphatic heterocycles. The first-order valence-corrected chi connectivity index (χ1v) is 6.88. The van der Waals surface area contributed by atoms with Crippen molar-refractivity contribution in [2.75, 3.05) is 0 Å². The molecule has 1 aliphatic rings. The summed E-state index contributed by atoms with van der Waals surface area (Å²) in [6, 6.07) is 10.5. The summed E-state index contributed by atoms with van der Waals surface area (Å²) >= 11 is 0. The van der Waals surface area contributed by atoms with Crippen molar-refractivity contribution < 1.29 is 0 Å². The van der Waals surface area contributed by atoms with Crippen LogP contribution in [0.4, 0.5) is 0 Å². The molecule has 0 amide bonds. The van der Waals surface area contributed by atoms with Gasteiger partial charge in [-0.3, -0.25) is 4.98 Å². The number of nitrogens with zero attached hydrogens (tertiary/aromatic N) is 1. The van der Waals surface area contributed by atoms with E-state index in [9.17, 15) is 0 Å². The maximum Gasteiger partial charge on any atom is 0.0734 e. The first kappa shape index (κ1) is 11.7. The van der Waals surface area contributed by atoms with Gasteiger partial charge in [0.2, 0.25) is 0 Å². The van der Waals surface area contributed by atoms with Gasteiger partial charge in [-0.2, -0.15) is 0 Å². The van der Waals surface area contributed by atoms with Crippen molar-refractivity contribution in [3.05, 3.63) is 42.1 Å². The predicted octanol–water partition coefficient (Wildman–Crippen LogP) is 3.44. The Balaban J connectivity index is 1.94. The molecule has 0 atom stereocenters. The van der Waals surface area contributed by atoms with Crippen LogP contribution in [0.1, 0.15) is 37.7 Å². The summed E-state index contributed by atoms with van der Waals surface area (Å²) in [4.78, 5) is 4.52. The van der Waals surface area contributed by atoms with Crippen molar-refractivity contribution >= 4 is 10.9 Å². The zero-order valence-electron chi connectivity index (χ0n) is 10.7. The Morgan fingerprint density at radius 3 is 2.67 bits per heavy atom. The smallest absolute Gasteiger partial charge is 0.0734 e. The zero-order valence-corrected chi connectivity index (χ0v) is 10.7. The van der Waals surface area contributed by atoms with Crippen LogP contribution in [0.5, 0.6) is 0 Å². The fraction of sp³-hybridized carbons (Fsp3) is 0.438. The van der Waals surface area contributed by atoms with E-state index in [0.29, 0.717) is 0 Å². The van der Waals surface area contributed by atoms with Gasteiger partial charge in [-0.1, -0.05) is 43.5 Å². The molecule has 1 saturated carbocycles. The third-order valence-electron chi connectivity index (χ3n) is 4.11. The molecule has 0 bridgehead atoms. The van der Waals surface area contributed by atoms with Gasteiger partial charge in [0, 0.05) is 17.1 Å². The second-order valence-corrected chi connectivity index (χ2v) is 5.59. The summed E-state index contributed by atoms with van der Waals surface area (Å²) < 4.78 is 0. The maximum atomic E-state index is 6.55. The van der Waals surface area contributed by atoms with Gasteiger partial charge in [0.15, 0.2) is 0 Å². The molecule has 1 heterocycles. The molecule has 2 heteroatoms. The Labute approximate surface area is 108 Å². The lowest BCUT2D eigenvalue weighted by atomic mass is 9.78. The molecule has 3 rings (SSSR count). The first-order valence-electron chi connectivity index (χ1n) is 6.88. The highest BCUT2D eigenvalue weighted by Crippen LogP contribution is 2.30. The summed E-state index contributed by atoms with van der Waals surface area (Å²) in [6.45, 7) is 0. The van der Waals surface area contributed by atoms with E-state index in [0.717, 1.165) is 24.8 Å². The number of aromatic nitrogens is 1. The number of hydrogen-bond donors (Lipinski definition) is 1. The zero-order chi connectivity index (χ0) is 12.4. The van der Waals surface area contributed by atoms with Crippen LogP contribution in [0.25, 0.3) is 10.9 Å². The highest BCUT2D eigenvalue weighted by Gasteiger charge is 2.28. The lowest BCUT2D eigenvalue weighted by Crippen LogP contribution is -2.43. The second-order valence-electron chi connectivity index (χ2n) is 5.59. The molecule has 1 aliphatic carbocycles. The monoisotopic (exact) mass is 240 g/mol. The standard InChI is InChI=1S/C16H20N2/c17-16(9-2-1-3-10-16)12-14-7-4-6-13-8-5-11-18-15(13)14/h4-8,11H,1-3,9-10,12,17H2.